The lowest BCUT2D eigenvalue weighted by Crippen LogP contribution is -2.43. The zero-order chi connectivity index (χ0) is 18.2. The van der Waals surface area contributed by atoms with Crippen molar-refractivity contribution < 1.29 is 0 Å². The van der Waals surface area contributed by atoms with Gasteiger partial charge in [0.2, 0.25) is 0 Å². The van der Waals surface area contributed by atoms with E-state index in [0.29, 0.717) is 0 Å². The third-order valence-electron chi connectivity index (χ3n) is 4.90. The number of aromatic nitrogens is 2. The molecular formula is C21H29N5. The monoisotopic (exact) mass is 351 g/mol. The van der Waals surface area contributed by atoms with Crippen LogP contribution < -0.4 is 5.32 Å². The molecule has 0 aliphatic carbocycles. The summed E-state index contributed by atoms with van der Waals surface area (Å²) in [5.74, 6) is 2.09. The Kier molecular flexibility index (Phi) is 6.47. The van der Waals surface area contributed by atoms with Gasteiger partial charge in [-0.15, -0.1) is 0 Å². The molecular weight excluding hydrogens is 322 g/mol. The molecule has 0 radical (unpaired) electrons. The predicted molar refractivity (Wildman–Crippen MR) is 108 cm³/mol. The van der Waals surface area contributed by atoms with Gasteiger partial charge in [-0.1, -0.05) is 36.4 Å². The van der Waals surface area contributed by atoms with Crippen LogP contribution in [-0.4, -0.2) is 47.1 Å². The second-order valence-corrected chi connectivity index (χ2v) is 6.64. The Hall–Kier alpha value is -2.56. The van der Waals surface area contributed by atoms with Crippen molar-refractivity contribution in [2.45, 2.75) is 32.7 Å². The van der Waals surface area contributed by atoms with E-state index in [0.717, 1.165) is 57.2 Å². The zero-order valence-corrected chi connectivity index (χ0v) is 15.9. The summed E-state index contributed by atoms with van der Waals surface area (Å²) < 4.78 is 2.20. The molecule has 0 unspecified atom stereocenters. The van der Waals surface area contributed by atoms with Gasteiger partial charge in [-0.2, -0.15) is 0 Å². The van der Waals surface area contributed by atoms with Gasteiger partial charge in [0.1, 0.15) is 5.82 Å². The lowest BCUT2D eigenvalue weighted by Gasteiger charge is -2.29. The van der Waals surface area contributed by atoms with E-state index >= 15 is 0 Å². The Labute approximate surface area is 156 Å². The molecule has 1 aliphatic rings. The van der Waals surface area contributed by atoms with Crippen molar-refractivity contribution in [1.29, 1.82) is 0 Å². The molecule has 0 bridgehead atoms. The van der Waals surface area contributed by atoms with Crippen molar-refractivity contribution in [3.05, 3.63) is 60.2 Å². The summed E-state index contributed by atoms with van der Waals surface area (Å²) in [5, 5.41) is 3.51. The van der Waals surface area contributed by atoms with Gasteiger partial charge in [-0.25, -0.2) is 4.98 Å². The Morgan fingerprint density at radius 3 is 2.73 bits per heavy atom. The Bertz CT molecular complexity index is 745. The summed E-state index contributed by atoms with van der Waals surface area (Å²) in [4.78, 5) is 11.0. The number of hydrogen-bond donors (Lipinski definition) is 1. The maximum atomic E-state index is 4.46. The number of benzene rings is 1. The maximum absolute atomic E-state index is 4.46. The third-order valence-corrected chi connectivity index (χ3v) is 4.90. The van der Waals surface area contributed by atoms with E-state index in [9.17, 15) is 0 Å². The molecule has 5 heteroatoms. The molecule has 2 heterocycles. The van der Waals surface area contributed by atoms with Crippen molar-refractivity contribution in [2.24, 2.45) is 4.99 Å². The van der Waals surface area contributed by atoms with Crippen LogP contribution in [0.3, 0.4) is 0 Å². The van der Waals surface area contributed by atoms with Crippen LogP contribution in [0.15, 0.2) is 53.8 Å². The largest absolute Gasteiger partial charge is 0.356 e. The molecule has 0 spiro atoms. The molecule has 26 heavy (non-hydrogen) atoms. The molecule has 2 aromatic rings. The quantitative estimate of drug-likeness (QED) is 0.493. The van der Waals surface area contributed by atoms with Gasteiger partial charge in [-0.05, 0) is 37.3 Å². The molecule has 0 amide bonds. The fourth-order valence-corrected chi connectivity index (χ4v) is 3.36. The molecule has 0 atom stereocenters. The molecule has 0 saturated heterocycles. The van der Waals surface area contributed by atoms with Crippen molar-refractivity contribution in [3.8, 4) is 0 Å². The lowest BCUT2D eigenvalue weighted by molar-refractivity contribution is 0.438. The second-order valence-electron chi connectivity index (χ2n) is 6.64. The van der Waals surface area contributed by atoms with E-state index < -0.39 is 0 Å². The van der Waals surface area contributed by atoms with Gasteiger partial charge in [-0.3, -0.25) is 4.99 Å². The number of aliphatic imine (C=N–C) groups is 1. The molecule has 1 aromatic heterocycles. The highest BCUT2D eigenvalue weighted by atomic mass is 15.3. The summed E-state index contributed by atoms with van der Waals surface area (Å²) >= 11 is 0. The number of guanidine groups is 1. The standard InChI is InChI=1S/C21H29N5/c1-18-23-13-17-25(18)14-7-6-12-24-21(22-2)26-15-10-20(11-16-26)19-8-4-3-5-9-19/h3-5,8-10,13,17H,6-7,11-12,14-16H2,1-2H3,(H,22,24). The van der Waals surface area contributed by atoms with E-state index in [2.05, 4.69) is 61.2 Å². The van der Waals surface area contributed by atoms with Gasteiger partial charge in [0.25, 0.3) is 0 Å². The van der Waals surface area contributed by atoms with Gasteiger partial charge in [0, 0.05) is 45.6 Å². The highest BCUT2D eigenvalue weighted by molar-refractivity contribution is 5.81. The second kappa shape index (κ2) is 9.22. The summed E-state index contributed by atoms with van der Waals surface area (Å²) in [6.07, 6.45) is 9.56. The van der Waals surface area contributed by atoms with Crippen LogP contribution in [0, 0.1) is 6.92 Å². The number of unbranched alkanes of at least 4 members (excludes halogenated alkanes) is 1. The van der Waals surface area contributed by atoms with Crippen LogP contribution in [0.4, 0.5) is 0 Å². The third kappa shape index (κ3) is 4.75. The van der Waals surface area contributed by atoms with E-state index in [1.165, 1.54) is 11.1 Å². The van der Waals surface area contributed by atoms with Gasteiger partial charge < -0.3 is 14.8 Å². The molecule has 138 valence electrons. The summed E-state index contributed by atoms with van der Waals surface area (Å²) in [7, 11) is 1.87. The minimum atomic E-state index is 0.915. The van der Waals surface area contributed by atoms with Crippen LogP contribution in [0.1, 0.15) is 30.7 Å². The SMILES string of the molecule is CN=C(NCCCCn1ccnc1C)N1CC=C(c2ccccc2)CC1. The van der Waals surface area contributed by atoms with Crippen molar-refractivity contribution in [3.63, 3.8) is 0 Å². The van der Waals surface area contributed by atoms with Crippen LogP contribution in [-0.2, 0) is 6.54 Å². The Balaban J connectivity index is 1.42. The summed E-state index contributed by atoms with van der Waals surface area (Å²) in [6, 6.07) is 10.7. The number of hydrogen-bond acceptors (Lipinski definition) is 2. The predicted octanol–water partition coefficient (Wildman–Crippen LogP) is 3.34. The highest BCUT2D eigenvalue weighted by Crippen LogP contribution is 2.21. The minimum Gasteiger partial charge on any atom is -0.356 e. The first-order valence-corrected chi connectivity index (χ1v) is 9.45. The van der Waals surface area contributed by atoms with Crippen LogP contribution in [0.5, 0.6) is 0 Å². The number of nitrogens with one attached hydrogen (secondary N) is 1. The smallest absolute Gasteiger partial charge is 0.193 e. The highest BCUT2D eigenvalue weighted by Gasteiger charge is 2.15. The average molecular weight is 351 g/mol. The van der Waals surface area contributed by atoms with Crippen molar-refractivity contribution >= 4 is 11.5 Å². The number of rotatable bonds is 6. The van der Waals surface area contributed by atoms with E-state index in [1.54, 1.807) is 0 Å². The summed E-state index contributed by atoms with van der Waals surface area (Å²) in [5.41, 5.74) is 2.78. The first-order chi connectivity index (χ1) is 12.8. The number of aryl methyl sites for hydroxylation is 2. The normalized spacial score (nSPS) is 15.1. The van der Waals surface area contributed by atoms with E-state index in [1.807, 2.05) is 26.4 Å². The van der Waals surface area contributed by atoms with Gasteiger partial charge in [0.05, 0.1) is 0 Å². The van der Waals surface area contributed by atoms with Crippen LogP contribution in [0.25, 0.3) is 5.57 Å². The van der Waals surface area contributed by atoms with Crippen LogP contribution >= 0.6 is 0 Å². The average Bonchev–Trinajstić information content (AvgIpc) is 3.10. The Morgan fingerprint density at radius 2 is 2.08 bits per heavy atom. The molecule has 0 fully saturated rings. The van der Waals surface area contributed by atoms with Crippen LogP contribution in [0.2, 0.25) is 0 Å². The van der Waals surface area contributed by atoms with E-state index in [-0.39, 0.29) is 0 Å². The molecule has 3 rings (SSSR count). The molecule has 1 aromatic carbocycles. The maximum Gasteiger partial charge on any atom is 0.193 e. The molecule has 5 nitrogen and oxygen atoms in total. The Morgan fingerprint density at radius 1 is 1.23 bits per heavy atom. The fourth-order valence-electron chi connectivity index (χ4n) is 3.36. The number of imidazole rings is 1. The van der Waals surface area contributed by atoms with Crippen molar-refractivity contribution in [1.82, 2.24) is 19.8 Å². The fraction of sp³-hybridized carbons (Fsp3) is 0.429. The first kappa shape index (κ1) is 18.2. The van der Waals surface area contributed by atoms with Gasteiger partial charge >= 0.3 is 0 Å². The van der Waals surface area contributed by atoms with Gasteiger partial charge in [0.15, 0.2) is 5.96 Å². The number of nitrogens with zero attached hydrogens (tertiary/aromatic N) is 4. The molecule has 0 saturated carbocycles. The lowest BCUT2D eigenvalue weighted by atomic mass is 10.00. The van der Waals surface area contributed by atoms with Crippen molar-refractivity contribution in [2.75, 3.05) is 26.7 Å². The molecule has 1 aliphatic heterocycles. The zero-order valence-electron chi connectivity index (χ0n) is 15.9. The van der Waals surface area contributed by atoms with E-state index in [4.69, 9.17) is 0 Å². The summed E-state index contributed by atoms with van der Waals surface area (Å²) in [6.45, 7) is 5.95. The minimum absolute atomic E-state index is 0.915. The molecule has 1 N–H and O–H groups in total. The topological polar surface area (TPSA) is 45.5 Å². The first-order valence-electron chi connectivity index (χ1n) is 9.45.